The quantitative estimate of drug-likeness (QED) is 0.712. The van der Waals surface area contributed by atoms with Gasteiger partial charge < -0.3 is 19.5 Å². The van der Waals surface area contributed by atoms with Gasteiger partial charge in [-0.2, -0.15) is 0 Å². The molecule has 1 aliphatic heterocycles. The summed E-state index contributed by atoms with van der Waals surface area (Å²) in [4.78, 5) is 24.4. The molecule has 7 nitrogen and oxygen atoms in total. The lowest BCUT2D eigenvalue weighted by atomic mass is 10.1. The van der Waals surface area contributed by atoms with Crippen LogP contribution >= 0.6 is 11.3 Å². The first-order chi connectivity index (χ1) is 13.5. The van der Waals surface area contributed by atoms with Crippen molar-refractivity contribution in [1.29, 1.82) is 0 Å². The highest BCUT2D eigenvalue weighted by Crippen LogP contribution is 2.35. The number of nitrogens with zero attached hydrogens (tertiary/aromatic N) is 3. The number of ether oxygens (including phenoxy) is 2. The Morgan fingerprint density at radius 3 is 2.75 bits per heavy atom. The van der Waals surface area contributed by atoms with E-state index < -0.39 is 0 Å². The van der Waals surface area contributed by atoms with Crippen LogP contribution in [-0.4, -0.2) is 35.2 Å². The second-order valence-corrected chi connectivity index (χ2v) is 7.40. The second-order valence-electron chi connectivity index (χ2n) is 6.40. The predicted molar refractivity (Wildman–Crippen MR) is 106 cm³/mol. The van der Waals surface area contributed by atoms with Gasteiger partial charge in [-0.1, -0.05) is 0 Å². The monoisotopic (exact) mass is 397 g/mol. The summed E-state index contributed by atoms with van der Waals surface area (Å²) in [6.45, 7) is 2.27. The van der Waals surface area contributed by atoms with Crippen molar-refractivity contribution in [1.82, 2.24) is 9.97 Å². The third kappa shape index (κ3) is 3.00. The Bertz CT molecular complexity index is 1060. The number of aryl methyl sites for hydroxylation is 1. The number of carbonyl (C=O) groups excluding carboxylic acids is 1. The highest BCUT2D eigenvalue weighted by atomic mass is 32.1. The van der Waals surface area contributed by atoms with Crippen LogP contribution in [0.15, 0.2) is 29.8 Å². The van der Waals surface area contributed by atoms with Crippen LogP contribution in [0, 0.1) is 6.92 Å². The summed E-state index contributed by atoms with van der Waals surface area (Å²) in [6.07, 6.45) is 1.68. The molecule has 28 heavy (non-hydrogen) atoms. The molecule has 0 aromatic carbocycles. The minimum absolute atomic E-state index is 0.0344. The molecule has 0 atom stereocenters. The number of fused-ring (bicyclic) bond motifs is 1. The fourth-order valence-corrected chi connectivity index (χ4v) is 4.05. The van der Waals surface area contributed by atoms with E-state index >= 15 is 0 Å². The Kier molecular flexibility index (Phi) is 4.74. The van der Waals surface area contributed by atoms with Gasteiger partial charge in [0.25, 0.3) is 11.8 Å². The van der Waals surface area contributed by atoms with E-state index in [4.69, 9.17) is 14.5 Å². The van der Waals surface area contributed by atoms with Crippen LogP contribution in [0.2, 0.25) is 0 Å². The molecule has 0 spiro atoms. The van der Waals surface area contributed by atoms with E-state index in [1.807, 2.05) is 30.5 Å². The Morgan fingerprint density at radius 1 is 1.25 bits per heavy atom. The normalized spacial score (nSPS) is 13.0. The SMILES string of the molecule is COc1cc(-c2cc(C)c3c(n2)CN(c2csc(CO)c2)C3=O)cnc1OC. The molecule has 3 aromatic heterocycles. The number of anilines is 1. The van der Waals surface area contributed by atoms with Crippen LogP contribution in [0.25, 0.3) is 11.3 Å². The summed E-state index contributed by atoms with van der Waals surface area (Å²) in [5, 5.41) is 11.2. The number of aliphatic hydroxyl groups excluding tert-OH is 1. The summed E-state index contributed by atoms with van der Waals surface area (Å²) in [5.74, 6) is 0.856. The zero-order valence-electron chi connectivity index (χ0n) is 15.7. The van der Waals surface area contributed by atoms with Gasteiger partial charge in [0.1, 0.15) is 0 Å². The first kappa shape index (κ1) is 18.4. The summed E-state index contributed by atoms with van der Waals surface area (Å²) in [7, 11) is 3.10. The molecule has 0 aliphatic carbocycles. The van der Waals surface area contributed by atoms with Gasteiger partial charge in [0.15, 0.2) is 5.75 Å². The van der Waals surface area contributed by atoms with E-state index in [0.29, 0.717) is 23.7 Å². The molecule has 8 heteroatoms. The molecule has 3 aromatic rings. The molecular weight excluding hydrogens is 378 g/mol. The zero-order valence-corrected chi connectivity index (χ0v) is 16.5. The molecular formula is C20H19N3O4S. The van der Waals surface area contributed by atoms with Crippen molar-refractivity contribution in [3.05, 3.63) is 51.5 Å². The third-order valence-corrected chi connectivity index (χ3v) is 5.60. The summed E-state index contributed by atoms with van der Waals surface area (Å²) in [5.41, 5.74) is 4.51. The van der Waals surface area contributed by atoms with Gasteiger partial charge in [-0.15, -0.1) is 11.3 Å². The number of rotatable bonds is 5. The summed E-state index contributed by atoms with van der Waals surface area (Å²) < 4.78 is 10.5. The van der Waals surface area contributed by atoms with Crippen molar-refractivity contribution in [2.45, 2.75) is 20.1 Å². The van der Waals surface area contributed by atoms with Crippen LogP contribution < -0.4 is 14.4 Å². The first-order valence-corrected chi connectivity index (χ1v) is 9.52. The predicted octanol–water partition coefficient (Wildman–Crippen LogP) is 3.18. The van der Waals surface area contributed by atoms with Gasteiger partial charge in [0, 0.05) is 22.0 Å². The molecule has 1 amide bonds. The standard InChI is InChI=1S/C20H19N3O4S/c1-11-4-15(12-5-17(26-2)19(27-3)21-7-12)22-16-8-23(20(25)18(11)16)13-6-14(9-24)28-10-13/h4-7,10,24H,8-9H2,1-3H3. The molecule has 144 valence electrons. The number of amides is 1. The minimum Gasteiger partial charge on any atom is -0.491 e. The molecule has 0 fully saturated rings. The summed E-state index contributed by atoms with van der Waals surface area (Å²) in [6, 6.07) is 5.54. The molecule has 0 bridgehead atoms. The van der Waals surface area contributed by atoms with Crippen molar-refractivity contribution >= 4 is 22.9 Å². The van der Waals surface area contributed by atoms with Crippen LogP contribution in [0.5, 0.6) is 11.6 Å². The number of thiophene rings is 1. The Balaban J connectivity index is 1.72. The maximum absolute atomic E-state index is 12.9. The molecule has 4 heterocycles. The van der Waals surface area contributed by atoms with Gasteiger partial charge in [-0.25, -0.2) is 4.98 Å². The zero-order chi connectivity index (χ0) is 19.8. The van der Waals surface area contributed by atoms with Crippen LogP contribution in [0.1, 0.15) is 26.5 Å². The van der Waals surface area contributed by atoms with Crippen LogP contribution in [-0.2, 0) is 13.2 Å². The highest BCUT2D eigenvalue weighted by molar-refractivity contribution is 7.10. The molecule has 0 radical (unpaired) electrons. The second kappa shape index (κ2) is 7.21. The fourth-order valence-electron chi connectivity index (χ4n) is 3.32. The smallest absolute Gasteiger partial charge is 0.260 e. The lowest BCUT2D eigenvalue weighted by molar-refractivity contribution is 0.0996. The van der Waals surface area contributed by atoms with Crippen molar-refractivity contribution in [3.63, 3.8) is 0 Å². The van der Waals surface area contributed by atoms with Gasteiger partial charge in [-0.05, 0) is 30.7 Å². The van der Waals surface area contributed by atoms with Gasteiger partial charge in [-0.3, -0.25) is 9.78 Å². The van der Waals surface area contributed by atoms with E-state index in [-0.39, 0.29) is 12.5 Å². The molecule has 4 rings (SSSR count). The molecule has 0 unspecified atom stereocenters. The van der Waals surface area contributed by atoms with Crippen molar-refractivity contribution in [2.75, 3.05) is 19.1 Å². The Hall–Kier alpha value is -2.97. The average molecular weight is 397 g/mol. The number of aliphatic hydroxyl groups is 1. The molecule has 1 N–H and O–H groups in total. The van der Waals surface area contributed by atoms with Crippen LogP contribution in [0.3, 0.4) is 0 Å². The van der Waals surface area contributed by atoms with E-state index in [9.17, 15) is 9.90 Å². The summed E-state index contributed by atoms with van der Waals surface area (Å²) >= 11 is 1.43. The Morgan fingerprint density at radius 2 is 2.07 bits per heavy atom. The van der Waals surface area contributed by atoms with Crippen molar-refractivity contribution < 1.29 is 19.4 Å². The maximum atomic E-state index is 12.9. The third-order valence-electron chi connectivity index (χ3n) is 4.69. The van der Waals surface area contributed by atoms with E-state index in [0.717, 1.165) is 33.1 Å². The van der Waals surface area contributed by atoms with E-state index in [1.54, 1.807) is 18.2 Å². The van der Waals surface area contributed by atoms with Gasteiger partial charge in [0.05, 0.1) is 50.0 Å². The topological polar surface area (TPSA) is 84.8 Å². The van der Waals surface area contributed by atoms with Crippen molar-refractivity contribution in [2.24, 2.45) is 0 Å². The number of aromatic nitrogens is 2. The maximum Gasteiger partial charge on any atom is 0.260 e. The highest BCUT2D eigenvalue weighted by Gasteiger charge is 2.32. The van der Waals surface area contributed by atoms with Crippen molar-refractivity contribution in [3.8, 4) is 22.9 Å². The number of methoxy groups -OCH3 is 2. The molecule has 0 saturated carbocycles. The molecule has 0 saturated heterocycles. The largest absolute Gasteiger partial charge is 0.491 e. The van der Waals surface area contributed by atoms with E-state index in [1.165, 1.54) is 18.4 Å². The number of hydrogen-bond donors (Lipinski definition) is 1. The first-order valence-electron chi connectivity index (χ1n) is 8.64. The number of hydrogen-bond acceptors (Lipinski definition) is 7. The minimum atomic E-state index is -0.0701. The molecule has 1 aliphatic rings. The van der Waals surface area contributed by atoms with Gasteiger partial charge in [0.2, 0.25) is 0 Å². The van der Waals surface area contributed by atoms with Gasteiger partial charge >= 0.3 is 0 Å². The lowest BCUT2D eigenvalue weighted by Crippen LogP contribution is -2.22. The Labute approximate surface area is 166 Å². The number of pyridine rings is 2. The van der Waals surface area contributed by atoms with Crippen LogP contribution in [0.4, 0.5) is 5.69 Å². The number of carbonyl (C=O) groups is 1. The lowest BCUT2D eigenvalue weighted by Gasteiger charge is -2.12. The fraction of sp³-hybridized carbons (Fsp3) is 0.250. The van der Waals surface area contributed by atoms with E-state index in [2.05, 4.69) is 4.98 Å². The average Bonchev–Trinajstić information content (AvgIpc) is 3.31.